The van der Waals surface area contributed by atoms with Crippen LogP contribution in [0.3, 0.4) is 0 Å². The molecule has 24 heavy (non-hydrogen) atoms. The molecule has 132 valence electrons. The number of carbonyl (C=O) groups is 3. The van der Waals surface area contributed by atoms with Crippen molar-refractivity contribution >= 4 is 49.6 Å². The Labute approximate surface area is 158 Å². The van der Waals surface area contributed by atoms with Crippen LogP contribution in [-0.4, -0.2) is 44.9 Å². The maximum absolute atomic E-state index is 12.8. The first kappa shape index (κ1) is 17.0. The molecule has 7 heteroatoms. The molecule has 0 aromatic rings. The van der Waals surface area contributed by atoms with Gasteiger partial charge in [0, 0.05) is 15.7 Å². The molecule has 0 aromatic heterocycles. The molecule has 4 rings (SSSR count). The van der Waals surface area contributed by atoms with Gasteiger partial charge in [-0.15, -0.1) is 0 Å². The van der Waals surface area contributed by atoms with E-state index >= 15 is 0 Å². The van der Waals surface area contributed by atoms with Crippen molar-refractivity contribution in [2.45, 2.75) is 54.2 Å². The zero-order valence-corrected chi connectivity index (χ0v) is 16.6. The number of fused-ring (bicyclic) bond motifs is 5. The lowest BCUT2D eigenvalue weighted by Crippen LogP contribution is -2.45. The maximum atomic E-state index is 12.8. The molecule has 5 nitrogen and oxygen atoms in total. The van der Waals surface area contributed by atoms with Crippen molar-refractivity contribution in [3.05, 3.63) is 0 Å². The highest BCUT2D eigenvalue weighted by molar-refractivity contribution is 9.12. The van der Waals surface area contributed by atoms with Gasteiger partial charge in [-0.2, -0.15) is 0 Å². The van der Waals surface area contributed by atoms with Gasteiger partial charge < -0.3 is 5.32 Å². The summed E-state index contributed by atoms with van der Waals surface area (Å²) in [6.07, 6.45) is 6.42. The summed E-state index contributed by atoms with van der Waals surface area (Å²) >= 11 is 7.35. The monoisotopic (exact) mass is 460 g/mol. The quantitative estimate of drug-likeness (QED) is 0.517. The molecule has 0 aromatic carbocycles. The normalized spacial score (nSPS) is 41.8. The van der Waals surface area contributed by atoms with Crippen LogP contribution < -0.4 is 5.32 Å². The number of hydrogen-bond acceptors (Lipinski definition) is 3. The van der Waals surface area contributed by atoms with E-state index in [0.29, 0.717) is 0 Å². The number of alkyl halides is 2. The number of nitrogens with zero attached hydrogens (tertiary/aromatic N) is 1. The number of carbonyl (C=O) groups excluding carboxylic acids is 3. The van der Waals surface area contributed by atoms with Crippen molar-refractivity contribution < 1.29 is 14.4 Å². The Kier molecular flexibility index (Phi) is 4.52. The van der Waals surface area contributed by atoms with Gasteiger partial charge in [-0.3, -0.25) is 19.3 Å². The minimum atomic E-state index is -0.233. The van der Waals surface area contributed by atoms with Crippen molar-refractivity contribution in [2.75, 3.05) is 6.54 Å². The van der Waals surface area contributed by atoms with Gasteiger partial charge in [0.2, 0.25) is 17.7 Å². The molecular formula is C17H22Br2N2O3. The Morgan fingerprint density at radius 1 is 1.00 bits per heavy atom. The Balaban J connectivity index is 1.43. The summed E-state index contributed by atoms with van der Waals surface area (Å²) < 4.78 is 0. The molecule has 4 aliphatic rings. The fourth-order valence-corrected chi connectivity index (χ4v) is 7.10. The van der Waals surface area contributed by atoms with Crippen LogP contribution in [-0.2, 0) is 14.4 Å². The summed E-state index contributed by atoms with van der Waals surface area (Å²) in [6, 6.07) is 0.202. The van der Waals surface area contributed by atoms with Crippen LogP contribution in [0.2, 0.25) is 0 Å². The number of amides is 3. The Hall–Kier alpha value is -0.430. The summed E-state index contributed by atoms with van der Waals surface area (Å²) in [6.45, 7) is -0.111. The van der Waals surface area contributed by atoms with E-state index in [2.05, 4.69) is 37.2 Å². The number of imide groups is 1. The molecule has 3 aliphatic carbocycles. The van der Waals surface area contributed by atoms with Gasteiger partial charge in [-0.1, -0.05) is 51.1 Å². The smallest absolute Gasteiger partial charge is 0.240 e. The van der Waals surface area contributed by atoms with E-state index in [1.165, 1.54) is 11.3 Å². The molecule has 0 unspecified atom stereocenters. The largest absolute Gasteiger partial charge is 0.352 e. The SMILES string of the molecule is O=C(CN1C(=O)[C@@H]2[C@H]3C[C@@H]([C@H](Br)[C@H]3Br)[C@H]2C1=O)NC1CCCCC1. The van der Waals surface area contributed by atoms with Crippen LogP contribution in [0.1, 0.15) is 38.5 Å². The predicted molar refractivity (Wildman–Crippen MR) is 95.7 cm³/mol. The topological polar surface area (TPSA) is 66.5 Å². The molecule has 1 heterocycles. The predicted octanol–water partition coefficient (Wildman–Crippen LogP) is 2.21. The first-order valence-electron chi connectivity index (χ1n) is 8.91. The van der Waals surface area contributed by atoms with E-state index < -0.39 is 0 Å². The van der Waals surface area contributed by atoms with E-state index in [0.717, 1.165) is 32.1 Å². The molecule has 3 amide bonds. The molecule has 4 fully saturated rings. The summed E-state index contributed by atoms with van der Waals surface area (Å²) in [5, 5.41) is 3.00. The van der Waals surface area contributed by atoms with Gasteiger partial charge in [-0.05, 0) is 31.1 Å². The summed E-state index contributed by atoms with van der Waals surface area (Å²) in [7, 11) is 0. The number of likely N-dealkylation sites (tertiary alicyclic amines) is 1. The van der Waals surface area contributed by atoms with Crippen LogP contribution in [0.5, 0.6) is 0 Å². The van der Waals surface area contributed by atoms with Gasteiger partial charge in [0.15, 0.2) is 0 Å². The third-order valence-electron chi connectivity index (χ3n) is 6.35. The number of hydrogen-bond donors (Lipinski definition) is 1. The highest BCUT2D eigenvalue weighted by Crippen LogP contribution is 2.60. The van der Waals surface area contributed by atoms with Crippen LogP contribution >= 0.6 is 31.9 Å². The van der Waals surface area contributed by atoms with Crippen molar-refractivity contribution in [3.8, 4) is 0 Å². The molecule has 3 saturated carbocycles. The van der Waals surface area contributed by atoms with E-state index in [1.54, 1.807) is 0 Å². The number of nitrogens with one attached hydrogen (secondary N) is 1. The van der Waals surface area contributed by atoms with Gasteiger partial charge >= 0.3 is 0 Å². The maximum Gasteiger partial charge on any atom is 0.240 e. The summed E-state index contributed by atoms with van der Waals surface area (Å²) in [5.41, 5.74) is 0. The molecule has 1 saturated heterocycles. The Morgan fingerprint density at radius 3 is 2.08 bits per heavy atom. The first-order valence-corrected chi connectivity index (χ1v) is 10.7. The van der Waals surface area contributed by atoms with Crippen LogP contribution in [0.25, 0.3) is 0 Å². The third-order valence-corrected chi connectivity index (χ3v) is 9.56. The van der Waals surface area contributed by atoms with Crippen molar-refractivity contribution in [3.63, 3.8) is 0 Å². The molecular weight excluding hydrogens is 440 g/mol. The molecule has 1 aliphatic heterocycles. The summed E-state index contributed by atoms with van der Waals surface area (Å²) in [5.74, 6) is -0.534. The highest BCUT2D eigenvalue weighted by Gasteiger charge is 2.66. The van der Waals surface area contributed by atoms with Gasteiger partial charge in [-0.25, -0.2) is 0 Å². The third kappa shape index (κ3) is 2.57. The summed E-state index contributed by atoms with van der Waals surface area (Å²) in [4.78, 5) is 39.5. The standard InChI is InChI=1S/C17H22Br2N2O3/c18-14-9-6-10(15(14)19)13-12(9)16(23)21(17(13)24)7-11(22)20-8-4-2-1-3-5-8/h8-10,12-15H,1-7H2,(H,20,22)/t9-,10-,12-,13-,14+,15+/m1/s1. The van der Waals surface area contributed by atoms with Crippen LogP contribution in [0.4, 0.5) is 0 Å². The first-order chi connectivity index (χ1) is 11.5. The average Bonchev–Trinajstić information content (AvgIpc) is 3.16. The lowest BCUT2D eigenvalue weighted by molar-refractivity contribution is -0.144. The second-order valence-corrected chi connectivity index (χ2v) is 9.78. The fraction of sp³-hybridized carbons (Fsp3) is 0.824. The Morgan fingerprint density at radius 2 is 1.54 bits per heavy atom. The van der Waals surface area contributed by atoms with Gasteiger partial charge in [0.1, 0.15) is 6.54 Å². The second kappa shape index (κ2) is 6.38. The van der Waals surface area contributed by atoms with E-state index in [1.807, 2.05) is 0 Å². The van der Waals surface area contributed by atoms with Crippen molar-refractivity contribution in [1.82, 2.24) is 10.2 Å². The van der Waals surface area contributed by atoms with Crippen LogP contribution in [0.15, 0.2) is 0 Å². The molecule has 0 radical (unpaired) electrons. The fourth-order valence-electron chi connectivity index (χ4n) is 5.23. The minimum absolute atomic E-state index is 0.111. The molecule has 2 bridgehead atoms. The molecule has 0 spiro atoms. The lowest BCUT2D eigenvalue weighted by Gasteiger charge is -2.28. The van der Waals surface area contributed by atoms with Crippen LogP contribution in [0, 0.1) is 23.7 Å². The lowest BCUT2D eigenvalue weighted by atomic mass is 9.81. The molecule has 6 atom stereocenters. The zero-order chi connectivity index (χ0) is 17.0. The van der Waals surface area contributed by atoms with E-state index in [-0.39, 0.29) is 63.6 Å². The Bertz CT molecular complexity index is 546. The van der Waals surface area contributed by atoms with Gasteiger partial charge in [0.25, 0.3) is 0 Å². The molecule has 1 N–H and O–H groups in total. The van der Waals surface area contributed by atoms with Crippen molar-refractivity contribution in [2.24, 2.45) is 23.7 Å². The highest BCUT2D eigenvalue weighted by atomic mass is 79.9. The van der Waals surface area contributed by atoms with E-state index in [9.17, 15) is 14.4 Å². The minimum Gasteiger partial charge on any atom is -0.352 e. The van der Waals surface area contributed by atoms with Crippen molar-refractivity contribution in [1.29, 1.82) is 0 Å². The zero-order valence-electron chi connectivity index (χ0n) is 13.4. The van der Waals surface area contributed by atoms with Gasteiger partial charge in [0.05, 0.1) is 11.8 Å². The number of rotatable bonds is 3. The second-order valence-electron chi connectivity index (χ2n) is 7.67. The number of halogens is 2. The average molecular weight is 462 g/mol. The van der Waals surface area contributed by atoms with E-state index in [4.69, 9.17) is 0 Å².